The number of nitro benzene ring substituents is 1. The molecule has 8 nitrogen and oxygen atoms in total. The van der Waals surface area contributed by atoms with Crippen LogP contribution in [0.3, 0.4) is 0 Å². The Hall–Kier alpha value is -3.30. The summed E-state index contributed by atoms with van der Waals surface area (Å²) in [6.45, 7) is 7.14. The molecule has 0 saturated heterocycles. The normalized spacial score (nSPS) is 11.4. The summed E-state index contributed by atoms with van der Waals surface area (Å²) >= 11 is 1.43. The minimum Gasteiger partial charge on any atom is -0.497 e. The molecule has 1 heterocycles. The van der Waals surface area contributed by atoms with Crippen LogP contribution in [0.4, 0.5) is 10.8 Å². The summed E-state index contributed by atoms with van der Waals surface area (Å²) in [5.74, 6) is 0.508. The van der Waals surface area contributed by atoms with Crippen molar-refractivity contribution in [1.29, 1.82) is 0 Å². The fourth-order valence-electron chi connectivity index (χ4n) is 3.22. The molecular weight excluding hydrogens is 428 g/mol. The van der Waals surface area contributed by atoms with Crippen molar-refractivity contribution in [3.63, 3.8) is 0 Å². The summed E-state index contributed by atoms with van der Waals surface area (Å²) in [6, 6.07) is 11.8. The van der Waals surface area contributed by atoms with Gasteiger partial charge in [-0.05, 0) is 42.9 Å². The van der Waals surface area contributed by atoms with Crippen LogP contribution < -0.4 is 9.64 Å². The van der Waals surface area contributed by atoms with Crippen LogP contribution >= 0.6 is 11.3 Å². The number of hydrogen-bond acceptors (Lipinski definition) is 7. The van der Waals surface area contributed by atoms with E-state index < -0.39 is 4.92 Å². The van der Waals surface area contributed by atoms with Crippen molar-refractivity contribution in [3.8, 4) is 5.75 Å². The molecule has 0 N–H and O–H groups in total. The van der Waals surface area contributed by atoms with Gasteiger partial charge in [0.15, 0.2) is 5.13 Å². The van der Waals surface area contributed by atoms with Gasteiger partial charge in [0.1, 0.15) is 5.75 Å². The van der Waals surface area contributed by atoms with Crippen LogP contribution in [0.5, 0.6) is 5.75 Å². The lowest BCUT2D eigenvalue weighted by Gasteiger charge is -2.23. The first-order chi connectivity index (χ1) is 15.4. The van der Waals surface area contributed by atoms with Gasteiger partial charge < -0.3 is 9.64 Å². The average molecular weight is 455 g/mol. The largest absolute Gasteiger partial charge is 0.497 e. The fraction of sp³-hybridized carbons (Fsp3) is 0.304. The van der Waals surface area contributed by atoms with Crippen LogP contribution in [0.25, 0.3) is 16.3 Å². The Morgan fingerprint density at radius 2 is 1.97 bits per heavy atom. The van der Waals surface area contributed by atoms with E-state index in [2.05, 4.69) is 23.7 Å². The highest BCUT2D eigenvalue weighted by Crippen LogP contribution is 2.31. The third-order valence-electron chi connectivity index (χ3n) is 5.11. The maximum absolute atomic E-state index is 13.2. The van der Waals surface area contributed by atoms with E-state index in [1.165, 1.54) is 29.5 Å². The molecule has 0 aliphatic carbocycles. The number of carbonyl (C=O) groups is 1. The summed E-state index contributed by atoms with van der Waals surface area (Å²) in [6.07, 6.45) is 3.03. The maximum atomic E-state index is 13.2. The van der Waals surface area contributed by atoms with E-state index in [9.17, 15) is 14.9 Å². The molecule has 32 heavy (non-hydrogen) atoms. The van der Waals surface area contributed by atoms with Crippen molar-refractivity contribution in [2.24, 2.45) is 0 Å². The van der Waals surface area contributed by atoms with Crippen LogP contribution in [-0.2, 0) is 4.79 Å². The van der Waals surface area contributed by atoms with Crippen LogP contribution in [0.15, 0.2) is 48.5 Å². The number of likely N-dealkylation sites (N-methyl/N-ethyl adjacent to an activating group) is 1. The lowest BCUT2D eigenvalue weighted by atomic mass is 10.2. The van der Waals surface area contributed by atoms with Crippen molar-refractivity contribution in [2.45, 2.75) is 13.8 Å². The van der Waals surface area contributed by atoms with Crippen LogP contribution in [-0.4, -0.2) is 54.0 Å². The van der Waals surface area contributed by atoms with Crippen LogP contribution in [0.1, 0.15) is 19.4 Å². The predicted octanol–water partition coefficient (Wildman–Crippen LogP) is 4.60. The second-order valence-electron chi connectivity index (χ2n) is 7.03. The van der Waals surface area contributed by atoms with E-state index in [1.807, 2.05) is 18.2 Å². The lowest BCUT2D eigenvalue weighted by molar-refractivity contribution is -0.384. The Labute approximate surface area is 190 Å². The highest BCUT2D eigenvalue weighted by Gasteiger charge is 2.19. The topological polar surface area (TPSA) is 88.8 Å². The predicted molar refractivity (Wildman–Crippen MR) is 128 cm³/mol. The van der Waals surface area contributed by atoms with Crippen molar-refractivity contribution in [1.82, 2.24) is 9.88 Å². The van der Waals surface area contributed by atoms with Gasteiger partial charge in [-0.3, -0.25) is 19.8 Å². The molecule has 9 heteroatoms. The van der Waals surface area contributed by atoms with Gasteiger partial charge in [0.2, 0.25) is 0 Å². The number of non-ortho nitro benzene ring substituents is 1. The molecule has 0 radical (unpaired) electrons. The van der Waals surface area contributed by atoms with E-state index in [1.54, 1.807) is 30.2 Å². The highest BCUT2D eigenvalue weighted by atomic mass is 32.1. The standard InChI is InChI=1S/C23H26N4O4S/c1-4-25(5-2)13-14-26(23-24-20-11-10-19(31-3)16-21(20)32-23)22(28)12-9-17-7-6-8-18(15-17)27(29)30/h6-12,15-16H,4-5,13-14H2,1-3H3/b12-9+. The number of amides is 1. The summed E-state index contributed by atoms with van der Waals surface area (Å²) < 4.78 is 6.23. The minimum atomic E-state index is -0.453. The monoisotopic (exact) mass is 454 g/mol. The van der Waals surface area contributed by atoms with Gasteiger partial charge in [-0.1, -0.05) is 37.3 Å². The van der Waals surface area contributed by atoms with Crippen LogP contribution in [0, 0.1) is 10.1 Å². The minimum absolute atomic E-state index is 0.0156. The van der Waals surface area contributed by atoms with E-state index >= 15 is 0 Å². The first-order valence-corrected chi connectivity index (χ1v) is 11.2. The Kier molecular flexibility index (Phi) is 7.91. The summed E-state index contributed by atoms with van der Waals surface area (Å²) in [5.41, 5.74) is 1.37. The summed E-state index contributed by atoms with van der Waals surface area (Å²) in [5, 5.41) is 11.6. The van der Waals surface area contributed by atoms with Gasteiger partial charge in [0, 0.05) is 31.3 Å². The number of methoxy groups -OCH3 is 1. The van der Waals surface area contributed by atoms with Gasteiger partial charge in [0.25, 0.3) is 11.6 Å². The molecule has 0 bridgehead atoms. The molecule has 2 aromatic carbocycles. The molecule has 0 saturated carbocycles. The van der Waals surface area contributed by atoms with Gasteiger partial charge in [-0.2, -0.15) is 0 Å². The second-order valence-corrected chi connectivity index (χ2v) is 8.04. The van der Waals surface area contributed by atoms with E-state index in [0.29, 0.717) is 23.8 Å². The number of hydrogen-bond donors (Lipinski definition) is 0. The molecule has 168 valence electrons. The van der Waals surface area contributed by atoms with E-state index in [4.69, 9.17) is 4.74 Å². The zero-order valence-electron chi connectivity index (χ0n) is 18.4. The number of ether oxygens (including phenoxy) is 1. The Morgan fingerprint density at radius 1 is 1.19 bits per heavy atom. The molecule has 3 aromatic rings. The lowest BCUT2D eigenvalue weighted by Crippen LogP contribution is -2.38. The molecular formula is C23H26N4O4S. The number of rotatable bonds is 10. The summed E-state index contributed by atoms with van der Waals surface area (Å²) in [7, 11) is 1.61. The second kappa shape index (κ2) is 10.8. The molecule has 0 aliphatic heterocycles. The first-order valence-electron chi connectivity index (χ1n) is 10.4. The number of nitro groups is 1. The third kappa shape index (κ3) is 5.68. The zero-order chi connectivity index (χ0) is 23.1. The smallest absolute Gasteiger partial charge is 0.270 e. The number of thiazole rings is 1. The third-order valence-corrected chi connectivity index (χ3v) is 6.16. The van der Waals surface area contributed by atoms with Crippen LogP contribution in [0.2, 0.25) is 0 Å². The van der Waals surface area contributed by atoms with Crippen molar-refractivity contribution >= 4 is 44.4 Å². The van der Waals surface area contributed by atoms with Gasteiger partial charge >= 0.3 is 0 Å². The number of aromatic nitrogens is 1. The van der Waals surface area contributed by atoms with Crippen molar-refractivity contribution < 1.29 is 14.5 Å². The number of carbonyl (C=O) groups excluding carboxylic acids is 1. The quantitative estimate of drug-likeness (QED) is 0.253. The van der Waals surface area contributed by atoms with E-state index in [-0.39, 0.29) is 11.6 Å². The van der Waals surface area contributed by atoms with Gasteiger partial charge in [-0.15, -0.1) is 0 Å². The number of nitrogens with zero attached hydrogens (tertiary/aromatic N) is 4. The Balaban J connectivity index is 1.88. The maximum Gasteiger partial charge on any atom is 0.270 e. The number of benzene rings is 2. The average Bonchev–Trinajstić information content (AvgIpc) is 3.23. The molecule has 0 fully saturated rings. The molecule has 3 rings (SSSR count). The van der Waals surface area contributed by atoms with Crippen molar-refractivity contribution in [3.05, 3.63) is 64.2 Å². The molecule has 0 aliphatic rings. The summed E-state index contributed by atoms with van der Waals surface area (Å²) in [4.78, 5) is 32.3. The van der Waals surface area contributed by atoms with Crippen molar-refractivity contribution in [2.75, 3.05) is 38.2 Å². The van der Waals surface area contributed by atoms with Gasteiger partial charge in [0.05, 0.1) is 22.2 Å². The molecule has 0 atom stereocenters. The Bertz CT molecular complexity index is 1120. The molecule has 1 aromatic heterocycles. The van der Waals surface area contributed by atoms with E-state index in [0.717, 1.165) is 29.1 Å². The number of fused-ring (bicyclic) bond motifs is 1. The fourth-order valence-corrected chi connectivity index (χ4v) is 4.24. The SMILES string of the molecule is CCN(CC)CCN(C(=O)/C=C/c1cccc([N+](=O)[O-])c1)c1nc2ccc(OC)cc2s1. The highest BCUT2D eigenvalue weighted by molar-refractivity contribution is 7.22. The Morgan fingerprint density at radius 3 is 2.66 bits per heavy atom. The zero-order valence-corrected chi connectivity index (χ0v) is 19.2. The van der Waals surface area contributed by atoms with Gasteiger partial charge in [-0.25, -0.2) is 4.98 Å². The molecule has 0 unspecified atom stereocenters. The molecule has 0 spiro atoms. The number of anilines is 1. The first kappa shape index (κ1) is 23.4. The molecule has 1 amide bonds.